The van der Waals surface area contributed by atoms with Gasteiger partial charge in [0, 0.05) is 38.1 Å². The van der Waals surface area contributed by atoms with Gasteiger partial charge in [0.05, 0.1) is 18.3 Å². The molecule has 2 heterocycles. The Morgan fingerprint density at radius 3 is 2.88 bits per heavy atom. The highest BCUT2D eigenvalue weighted by Gasteiger charge is 2.37. The molecular formula is C16H27N5O2S. The van der Waals surface area contributed by atoms with Crippen LogP contribution in [0.3, 0.4) is 0 Å². The van der Waals surface area contributed by atoms with Crippen molar-refractivity contribution in [1.82, 2.24) is 25.1 Å². The Labute approximate surface area is 147 Å². The molecule has 1 aromatic rings. The maximum atomic E-state index is 12.4. The van der Waals surface area contributed by atoms with Gasteiger partial charge in [0.15, 0.2) is 0 Å². The predicted molar refractivity (Wildman–Crippen MR) is 95.7 cm³/mol. The number of thioether (sulfide) groups is 1. The third-order valence-electron chi connectivity index (χ3n) is 4.18. The van der Waals surface area contributed by atoms with Crippen molar-refractivity contribution < 1.29 is 9.59 Å². The van der Waals surface area contributed by atoms with Crippen molar-refractivity contribution >= 4 is 23.6 Å². The van der Waals surface area contributed by atoms with Crippen molar-refractivity contribution in [3.05, 3.63) is 18.2 Å². The van der Waals surface area contributed by atoms with Crippen LogP contribution in [-0.2, 0) is 22.7 Å². The van der Waals surface area contributed by atoms with Crippen LogP contribution in [0.5, 0.6) is 0 Å². The molecule has 0 radical (unpaired) electrons. The van der Waals surface area contributed by atoms with Crippen LogP contribution >= 0.6 is 11.8 Å². The molecule has 8 heteroatoms. The van der Waals surface area contributed by atoms with Crippen LogP contribution in [0, 0.1) is 0 Å². The summed E-state index contributed by atoms with van der Waals surface area (Å²) in [5.41, 5.74) is 0. The number of hydrogen-bond acceptors (Lipinski definition) is 5. The molecule has 2 atom stereocenters. The van der Waals surface area contributed by atoms with Crippen LogP contribution in [0.1, 0.15) is 26.1 Å². The Hall–Kier alpha value is -1.54. The smallest absolute Gasteiger partial charge is 0.237 e. The van der Waals surface area contributed by atoms with Crippen molar-refractivity contribution in [3.63, 3.8) is 0 Å². The molecule has 0 aliphatic carbocycles. The van der Waals surface area contributed by atoms with Gasteiger partial charge in [-0.2, -0.15) is 11.8 Å². The van der Waals surface area contributed by atoms with E-state index in [1.165, 1.54) is 11.8 Å². The number of rotatable bonds is 8. The number of carbonyl (C=O) groups excluding carboxylic acids is 2. The van der Waals surface area contributed by atoms with Crippen molar-refractivity contribution in [2.75, 3.05) is 25.1 Å². The van der Waals surface area contributed by atoms with Gasteiger partial charge in [-0.3, -0.25) is 14.5 Å². The second-order valence-electron chi connectivity index (χ2n) is 5.90. The van der Waals surface area contributed by atoms with E-state index in [0.29, 0.717) is 31.8 Å². The van der Waals surface area contributed by atoms with E-state index in [2.05, 4.69) is 32.0 Å². The Bertz CT molecular complexity index is 562. The summed E-state index contributed by atoms with van der Waals surface area (Å²) in [6, 6.07) is -0.228. The highest BCUT2D eigenvalue weighted by Crippen LogP contribution is 2.21. The molecule has 1 aliphatic heterocycles. The molecule has 0 spiro atoms. The molecule has 24 heavy (non-hydrogen) atoms. The van der Waals surface area contributed by atoms with Crippen molar-refractivity contribution in [2.24, 2.45) is 0 Å². The molecule has 0 saturated carbocycles. The molecule has 1 fully saturated rings. The monoisotopic (exact) mass is 353 g/mol. The van der Waals surface area contributed by atoms with E-state index in [1.807, 2.05) is 19.4 Å². The largest absolute Gasteiger partial charge is 0.355 e. The Balaban J connectivity index is 2.06. The van der Waals surface area contributed by atoms with Gasteiger partial charge in [-0.25, -0.2) is 4.98 Å². The summed E-state index contributed by atoms with van der Waals surface area (Å²) in [5, 5.41) is 5.94. The average Bonchev–Trinajstić information content (AvgIpc) is 3.15. The summed E-state index contributed by atoms with van der Waals surface area (Å²) in [4.78, 5) is 30.8. The molecule has 0 aromatic carbocycles. The standard InChI is InChI=1S/C16H27N5O2S/c1-4-17-16(23)13-8-12(19-15(22)11-24-3)9-21(13)10-14-18-6-7-20(14)5-2/h6-7,12-13H,4-5,8-11H2,1-3H3,(H,17,23)(H,19,22)/t12-,13+/m1/s1. The fourth-order valence-corrected chi connectivity index (χ4v) is 3.45. The molecule has 2 N–H and O–H groups in total. The lowest BCUT2D eigenvalue weighted by Crippen LogP contribution is -2.43. The summed E-state index contributed by atoms with van der Waals surface area (Å²) >= 11 is 1.50. The zero-order valence-electron chi connectivity index (χ0n) is 14.6. The second-order valence-corrected chi connectivity index (χ2v) is 6.77. The molecule has 0 unspecified atom stereocenters. The van der Waals surface area contributed by atoms with Crippen LogP contribution in [-0.4, -0.2) is 63.4 Å². The van der Waals surface area contributed by atoms with Gasteiger partial charge >= 0.3 is 0 Å². The lowest BCUT2D eigenvalue weighted by atomic mass is 10.1. The number of aromatic nitrogens is 2. The topological polar surface area (TPSA) is 79.3 Å². The minimum absolute atomic E-state index is 0.00212. The van der Waals surface area contributed by atoms with E-state index in [9.17, 15) is 9.59 Å². The molecule has 1 saturated heterocycles. The summed E-state index contributed by atoms with van der Waals surface area (Å²) < 4.78 is 2.08. The van der Waals surface area contributed by atoms with E-state index in [-0.39, 0.29) is 23.9 Å². The number of nitrogens with zero attached hydrogens (tertiary/aromatic N) is 3. The second kappa shape index (κ2) is 9.08. The van der Waals surface area contributed by atoms with Crippen LogP contribution in [0.4, 0.5) is 0 Å². The zero-order valence-corrected chi connectivity index (χ0v) is 15.4. The highest BCUT2D eigenvalue weighted by molar-refractivity contribution is 7.99. The number of aryl methyl sites for hydroxylation is 1. The van der Waals surface area contributed by atoms with Gasteiger partial charge in [0.2, 0.25) is 11.8 Å². The van der Waals surface area contributed by atoms with E-state index < -0.39 is 0 Å². The first-order chi connectivity index (χ1) is 11.6. The first-order valence-corrected chi connectivity index (χ1v) is 9.78. The maximum absolute atomic E-state index is 12.4. The third kappa shape index (κ3) is 4.73. The van der Waals surface area contributed by atoms with Gasteiger partial charge in [-0.15, -0.1) is 0 Å². The van der Waals surface area contributed by atoms with Crippen LogP contribution in [0.25, 0.3) is 0 Å². The number of hydrogen-bond donors (Lipinski definition) is 2. The fraction of sp³-hybridized carbons (Fsp3) is 0.688. The van der Waals surface area contributed by atoms with Crippen molar-refractivity contribution in [1.29, 1.82) is 0 Å². The van der Waals surface area contributed by atoms with E-state index in [4.69, 9.17) is 0 Å². The molecule has 1 aliphatic rings. The average molecular weight is 353 g/mol. The Morgan fingerprint density at radius 1 is 1.42 bits per heavy atom. The fourth-order valence-electron chi connectivity index (χ4n) is 3.11. The molecule has 2 amide bonds. The number of likely N-dealkylation sites (tertiary alicyclic amines) is 1. The number of nitrogens with one attached hydrogen (secondary N) is 2. The van der Waals surface area contributed by atoms with Gasteiger partial charge in [0.1, 0.15) is 5.82 Å². The first-order valence-electron chi connectivity index (χ1n) is 8.39. The third-order valence-corrected chi connectivity index (χ3v) is 4.74. The van der Waals surface area contributed by atoms with E-state index >= 15 is 0 Å². The number of likely N-dealkylation sites (N-methyl/N-ethyl adjacent to an activating group) is 1. The first kappa shape index (κ1) is 18.8. The number of imidazole rings is 1. The van der Waals surface area contributed by atoms with Gasteiger partial charge < -0.3 is 15.2 Å². The minimum atomic E-state index is -0.230. The SMILES string of the molecule is CCNC(=O)[C@@H]1C[C@@H](NC(=O)CSC)CN1Cc1nccn1CC. The summed E-state index contributed by atoms with van der Waals surface area (Å²) in [5.74, 6) is 1.44. The number of carbonyl (C=O) groups is 2. The van der Waals surface area contributed by atoms with Crippen molar-refractivity contribution in [2.45, 2.75) is 45.4 Å². The molecule has 1 aromatic heterocycles. The Kier molecular flexibility index (Phi) is 7.11. The van der Waals surface area contributed by atoms with Crippen LogP contribution < -0.4 is 10.6 Å². The summed E-state index contributed by atoms with van der Waals surface area (Å²) in [7, 11) is 0. The minimum Gasteiger partial charge on any atom is -0.355 e. The Morgan fingerprint density at radius 2 is 2.21 bits per heavy atom. The lowest BCUT2D eigenvalue weighted by Gasteiger charge is -2.23. The quantitative estimate of drug-likeness (QED) is 0.710. The number of amides is 2. The van der Waals surface area contributed by atoms with Gasteiger partial charge in [-0.1, -0.05) is 0 Å². The van der Waals surface area contributed by atoms with E-state index in [0.717, 1.165) is 12.4 Å². The lowest BCUT2D eigenvalue weighted by molar-refractivity contribution is -0.125. The zero-order chi connectivity index (χ0) is 17.5. The summed E-state index contributed by atoms with van der Waals surface area (Å²) in [6.45, 7) is 6.72. The highest BCUT2D eigenvalue weighted by atomic mass is 32.2. The van der Waals surface area contributed by atoms with Crippen LogP contribution in [0.2, 0.25) is 0 Å². The van der Waals surface area contributed by atoms with Crippen LogP contribution in [0.15, 0.2) is 12.4 Å². The normalized spacial score (nSPS) is 21.0. The maximum Gasteiger partial charge on any atom is 0.237 e. The van der Waals surface area contributed by atoms with Crippen molar-refractivity contribution in [3.8, 4) is 0 Å². The van der Waals surface area contributed by atoms with Gasteiger partial charge in [-0.05, 0) is 26.5 Å². The molecule has 2 rings (SSSR count). The predicted octanol–water partition coefficient (Wildman–Crippen LogP) is 0.461. The molecule has 134 valence electrons. The van der Waals surface area contributed by atoms with E-state index in [1.54, 1.807) is 6.20 Å². The molecule has 0 bridgehead atoms. The summed E-state index contributed by atoms with van der Waals surface area (Å²) in [6.07, 6.45) is 6.28. The van der Waals surface area contributed by atoms with Gasteiger partial charge in [0.25, 0.3) is 0 Å². The molecular weight excluding hydrogens is 326 g/mol. The molecule has 7 nitrogen and oxygen atoms in total.